The van der Waals surface area contributed by atoms with Gasteiger partial charge in [0.2, 0.25) is 5.91 Å². The molecule has 1 aliphatic carbocycles. The number of carbonyl (C=O) groups excluding carboxylic acids is 1. The number of hydrogen-bond donors (Lipinski definition) is 3. The molecule has 0 saturated heterocycles. The van der Waals surface area contributed by atoms with Crippen molar-refractivity contribution in [3.63, 3.8) is 0 Å². The summed E-state index contributed by atoms with van der Waals surface area (Å²) in [6, 6.07) is 7.50. The fourth-order valence-electron chi connectivity index (χ4n) is 2.97. The number of hydrogen-bond acceptors (Lipinski definition) is 3. The Morgan fingerprint density at radius 1 is 1.00 bits per heavy atom. The number of nitrogens with one attached hydrogen (secondary N) is 1. The minimum atomic E-state index is -0.841. The molecule has 2 aromatic rings. The van der Waals surface area contributed by atoms with Gasteiger partial charge in [-0.25, -0.2) is 0 Å². The second kappa shape index (κ2) is 6.36. The lowest BCUT2D eigenvalue weighted by molar-refractivity contribution is -0.124. The molecule has 1 fully saturated rings. The van der Waals surface area contributed by atoms with Gasteiger partial charge < -0.3 is 15.5 Å². The van der Waals surface area contributed by atoms with E-state index in [1.807, 2.05) is 0 Å². The zero-order valence-corrected chi connectivity index (χ0v) is 14.7. The summed E-state index contributed by atoms with van der Waals surface area (Å²) in [5.74, 6) is -0.856. The number of rotatable bonds is 3. The van der Waals surface area contributed by atoms with Crippen LogP contribution < -0.4 is 5.32 Å². The molecule has 7 heteroatoms. The zero-order valence-electron chi connectivity index (χ0n) is 12.4. The monoisotopic (exact) mass is 385 g/mol. The van der Waals surface area contributed by atoms with Crippen LogP contribution in [0.25, 0.3) is 0 Å². The van der Waals surface area contributed by atoms with Crippen LogP contribution in [0.15, 0.2) is 30.3 Å². The highest BCUT2D eigenvalue weighted by Gasteiger charge is 2.48. The van der Waals surface area contributed by atoms with Crippen molar-refractivity contribution in [1.29, 1.82) is 0 Å². The number of carbonyl (C=O) groups is 1. The third kappa shape index (κ3) is 2.79. The van der Waals surface area contributed by atoms with Gasteiger partial charge in [-0.3, -0.25) is 4.79 Å². The van der Waals surface area contributed by atoms with Crippen LogP contribution >= 0.6 is 34.8 Å². The van der Waals surface area contributed by atoms with Crippen LogP contribution in [-0.2, 0) is 10.2 Å². The van der Waals surface area contributed by atoms with Crippen LogP contribution in [0, 0.1) is 0 Å². The SMILES string of the molecule is O=C(Nc1cc(Cl)c(O)cc1O)C1(c2c(Cl)cccc2Cl)CCC1. The second-order valence-corrected chi connectivity index (χ2v) is 7.03. The van der Waals surface area contributed by atoms with E-state index in [9.17, 15) is 15.0 Å². The van der Waals surface area contributed by atoms with E-state index in [4.69, 9.17) is 34.8 Å². The van der Waals surface area contributed by atoms with Gasteiger partial charge in [-0.2, -0.15) is 0 Å². The normalized spacial score (nSPS) is 15.6. The van der Waals surface area contributed by atoms with Crippen LogP contribution in [0.2, 0.25) is 15.1 Å². The molecular weight excluding hydrogens is 373 g/mol. The highest BCUT2D eigenvalue weighted by Crippen LogP contribution is 2.50. The molecule has 2 aromatic carbocycles. The molecule has 1 saturated carbocycles. The lowest BCUT2D eigenvalue weighted by Crippen LogP contribution is -2.46. The van der Waals surface area contributed by atoms with E-state index in [0.29, 0.717) is 28.5 Å². The Hall–Kier alpha value is -1.62. The Balaban J connectivity index is 1.98. The summed E-state index contributed by atoms with van der Waals surface area (Å²) in [5.41, 5.74) is -0.120. The Morgan fingerprint density at radius 3 is 2.17 bits per heavy atom. The van der Waals surface area contributed by atoms with Crippen LogP contribution in [0.4, 0.5) is 5.69 Å². The molecule has 0 spiro atoms. The Labute approximate surface area is 154 Å². The summed E-state index contributed by atoms with van der Waals surface area (Å²) < 4.78 is 0. The molecule has 3 rings (SSSR count). The van der Waals surface area contributed by atoms with Crippen molar-refractivity contribution in [1.82, 2.24) is 0 Å². The number of phenolic OH excluding ortho intramolecular Hbond substituents is 2. The first-order chi connectivity index (χ1) is 11.3. The first-order valence-corrected chi connectivity index (χ1v) is 8.46. The van der Waals surface area contributed by atoms with Gasteiger partial charge in [0.05, 0.1) is 16.1 Å². The lowest BCUT2D eigenvalue weighted by Gasteiger charge is -2.41. The molecule has 24 heavy (non-hydrogen) atoms. The Kier molecular flexibility index (Phi) is 4.56. The van der Waals surface area contributed by atoms with Gasteiger partial charge in [0.25, 0.3) is 0 Å². The van der Waals surface area contributed by atoms with Crippen molar-refractivity contribution >= 4 is 46.4 Å². The van der Waals surface area contributed by atoms with Crippen molar-refractivity contribution in [3.05, 3.63) is 51.0 Å². The van der Waals surface area contributed by atoms with E-state index in [0.717, 1.165) is 12.5 Å². The largest absolute Gasteiger partial charge is 0.506 e. The molecule has 1 aliphatic rings. The number of amides is 1. The van der Waals surface area contributed by atoms with Gasteiger partial charge in [-0.15, -0.1) is 0 Å². The van der Waals surface area contributed by atoms with E-state index >= 15 is 0 Å². The van der Waals surface area contributed by atoms with Gasteiger partial charge in [0.15, 0.2) is 0 Å². The van der Waals surface area contributed by atoms with Gasteiger partial charge >= 0.3 is 0 Å². The lowest BCUT2D eigenvalue weighted by atomic mass is 9.63. The maximum absolute atomic E-state index is 12.9. The molecule has 0 radical (unpaired) electrons. The molecule has 0 unspecified atom stereocenters. The molecule has 0 atom stereocenters. The molecular formula is C17H14Cl3NO3. The minimum absolute atomic E-state index is 0.0292. The number of benzene rings is 2. The first kappa shape index (κ1) is 17.2. The fraction of sp³-hybridized carbons (Fsp3) is 0.235. The molecule has 1 amide bonds. The van der Waals surface area contributed by atoms with Crippen molar-refractivity contribution in [3.8, 4) is 11.5 Å². The van der Waals surface area contributed by atoms with E-state index < -0.39 is 5.41 Å². The third-order valence-corrected chi connectivity index (χ3v) is 5.33. The van der Waals surface area contributed by atoms with Gasteiger partial charge in [0, 0.05) is 21.7 Å². The third-order valence-electron chi connectivity index (χ3n) is 4.40. The second-order valence-electron chi connectivity index (χ2n) is 5.81. The van der Waals surface area contributed by atoms with Crippen LogP contribution in [-0.4, -0.2) is 16.1 Å². The van der Waals surface area contributed by atoms with Crippen LogP contribution in [0.5, 0.6) is 11.5 Å². The molecule has 0 bridgehead atoms. The maximum atomic E-state index is 12.9. The van der Waals surface area contributed by atoms with E-state index in [1.54, 1.807) is 18.2 Å². The van der Waals surface area contributed by atoms with E-state index in [1.165, 1.54) is 6.07 Å². The molecule has 126 valence electrons. The first-order valence-electron chi connectivity index (χ1n) is 7.32. The van der Waals surface area contributed by atoms with Crippen molar-refractivity contribution in [2.75, 3.05) is 5.32 Å². The Bertz CT molecular complexity index is 799. The minimum Gasteiger partial charge on any atom is -0.506 e. The van der Waals surface area contributed by atoms with Crippen molar-refractivity contribution in [2.24, 2.45) is 0 Å². The number of anilines is 1. The highest BCUT2D eigenvalue weighted by molar-refractivity contribution is 6.37. The van der Waals surface area contributed by atoms with Crippen LogP contribution in [0.3, 0.4) is 0 Å². The summed E-state index contributed by atoms with van der Waals surface area (Å²) in [7, 11) is 0. The molecule has 0 heterocycles. The van der Waals surface area contributed by atoms with Gasteiger partial charge in [-0.05, 0) is 31.0 Å². The molecule has 0 aliphatic heterocycles. The highest BCUT2D eigenvalue weighted by atomic mass is 35.5. The van der Waals surface area contributed by atoms with Crippen molar-refractivity contribution < 1.29 is 15.0 Å². The summed E-state index contributed by atoms with van der Waals surface area (Å²) >= 11 is 18.4. The zero-order chi connectivity index (χ0) is 17.5. The summed E-state index contributed by atoms with van der Waals surface area (Å²) in [6.45, 7) is 0. The molecule has 0 aromatic heterocycles. The molecule has 4 nitrogen and oxygen atoms in total. The summed E-state index contributed by atoms with van der Waals surface area (Å²) in [6.07, 6.45) is 2.08. The van der Waals surface area contributed by atoms with E-state index in [2.05, 4.69) is 5.32 Å². The topological polar surface area (TPSA) is 69.6 Å². The summed E-state index contributed by atoms with van der Waals surface area (Å²) in [5, 5.41) is 23.0. The average molecular weight is 387 g/mol. The summed E-state index contributed by atoms with van der Waals surface area (Å²) in [4.78, 5) is 12.9. The smallest absolute Gasteiger partial charge is 0.235 e. The standard InChI is InChI=1S/C17H14Cl3NO3/c18-9-3-1-4-10(19)15(9)17(5-2-6-17)16(24)21-12-7-11(20)13(22)8-14(12)23/h1,3-4,7-8,22-23H,2,5-6H2,(H,21,24). The number of phenols is 2. The number of aromatic hydroxyl groups is 2. The average Bonchev–Trinajstić information content (AvgIpc) is 2.46. The van der Waals surface area contributed by atoms with Gasteiger partial charge in [0.1, 0.15) is 11.5 Å². The Morgan fingerprint density at radius 2 is 1.62 bits per heavy atom. The molecule has 3 N–H and O–H groups in total. The predicted molar refractivity (Wildman–Crippen MR) is 95.4 cm³/mol. The van der Waals surface area contributed by atoms with Crippen molar-refractivity contribution in [2.45, 2.75) is 24.7 Å². The van der Waals surface area contributed by atoms with Crippen LogP contribution in [0.1, 0.15) is 24.8 Å². The number of halogens is 3. The predicted octanol–water partition coefficient (Wildman–Crippen LogP) is 5.12. The maximum Gasteiger partial charge on any atom is 0.235 e. The fourth-order valence-corrected chi connectivity index (χ4v) is 3.89. The van der Waals surface area contributed by atoms with E-state index in [-0.39, 0.29) is 28.1 Å². The van der Waals surface area contributed by atoms with Gasteiger partial charge in [-0.1, -0.05) is 47.3 Å². The quantitative estimate of drug-likeness (QED) is 0.506.